The number of amides is 1. The van der Waals surface area contributed by atoms with E-state index < -0.39 is 0 Å². The van der Waals surface area contributed by atoms with Gasteiger partial charge in [-0.15, -0.1) is 11.3 Å². The molecule has 0 saturated heterocycles. The van der Waals surface area contributed by atoms with Gasteiger partial charge in [-0.05, 0) is 30.5 Å². The smallest absolute Gasteiger partial charge is 0.257 e. The normalized spacial score (nSPS) is 10.9. The van der Waals surface area contributed by atoms with E-state index in [4.69, 9.17) is 4.42 Å². The number of nitrogens with zero attached hydrogens (tertiary/aromatic N) is 3. The minimum atomic E-state index is -0.166. The number of aromatic nitrogens is 3. The van der Waals surface area contributed by atoms with Crippen LogP contribution in [0.3, 0.4) is 0 Å². The van der Waals surface area contributed by atoms with Crippen molar-refractivity contribution in [3.8, 4) is 16.6 Å². The molecule has 0 radical (unpaired) electrons. The minimum Gasteiger partial charge on any atom is -0.463 e. The SMILES string of the molecule is Cc1cc(NC(=O)c2ccsc2)n(-c2nc(-c3ccco3)cs2)n1. The third-order valence-electron chi connectivity index (χ3n) is 3.30. The second-order valence-electron chi connectivity index (χ2n) is 5.04. The van der Waals surface area contributed by atoms with Crippen LogP contribution in [0.1, 0.15) is 16.1 Å². The number of carbonyl (C=O) groups excluding carboxylic acids is 1. The molecular formula is C16H12N4O2S2. The molecule has 4 heterocycles. The predicted molar refractivity (Wildman–Crippen MR) is 93.9 cm³/mol. The highest BCUT2D eigenvalue weighted by Gasteiger charge is 2.16. The molecule has 0 aliphatic heterocycles. The fourth-order valence-electron chi connectivity index (χ4n) is 2.22. The van der Waals surface area contributed by atoms with Gasteiger partial charge in [-0.1, -0.05) is 0 Å². The summed E-state index contributed by atoms with van der Waals surface area (Å²) in [6.45, 7) is 1.87. The van der Waals surface area contributed by atoms with Gasteiger partial charge in [0, 0.05) is 16.8 Å². The van der Waals surface area contributed by atoms with Crippen LogP contribution in [0.5, 0.6) is 0 Å². The van der Waals surface area contributed by atoms with Gasteiger partial charge < -0.3 is 9.73 Å². The molecular weight excluding hydrogens is 344 g/mol. The van der Waals surface area contributed by atoms with Crippen molar-refractivity contribution in [2.75, 3.05) is 5.32 Å². The molecule has 4 aromatic heterocycles. The zero-order chi connectivity index (χ0) is 16.5. The molecule has 4 rings (SSSR count). The number of hydrogen-bond donors (Lipinski definition) is 1. The van der Waals surface area contributed by atoms with Gasteiger partial charge in [-0.25, -0.2) is 4.98 Å². The highest BCUT2D eigenvalue weighted by Crippen LogP contribution is 2.26. The Morgan fingerprint density at radius 2 is 2.25 bits per heavy atom. The van der Waals surface area contributed by atoms with Crippen molar-refractivity contribution in [1.29, 1.82) is 0 Å². The molecule has 0 saturated carbocycles. The second kappa shape index (κ2) is 6.06. The highest BCUT2D eigenvalue weighted by molar-refractivity contribution is 7.12. The fourth-order valence-corrected chi connectivity index (χ4v) is 3.63. The van der Waals surface area contributed by atoms with E-state index in [0.717, 1.165) is 11.4 Å². The average Bonchev–Trinajstić information content (AvgIpc) is 3.35. The molecule has 0 bridgehead atoms. The van der Waals surface area contributed by atoms with Crippen LogP contribution >= 0.6 is 22.7 Å². The van der Waals surface area contributed by atoms with Crippen molar-refractivity contribution in [3.63, 3.8) is 0 Å². The summed E-state index contributed by atoms with van der Waals surface area (Å²) in [5, 5.41) is 13.6. The summed E-state index contributed by atoms with van der Waals surface area (Å²) >= 11 is 2.92. The first-order valence-corrected chi connectivity index (χ1v) is 8.93. The number of anilines is 1. The maximum absolute atomic E-state index is 12.3. The molecule has 0 unspecified atom stereocenters. The van der Waals surface area contributed by atoms with E-state index in [-0.39, 0.29) is 5.91 Å². The summed E-state index contributed by atoms with van der Waals surface area (Å²) in [6, 6.07) is 7.27. The van der Waals surface area contributed by atoms with Crippen LogP contribution in [0.4, 0.5) is 5.82 Å². The monoisotopic (exact) mass is 356 g/mol. The van der Waals surface area contributed by atoms with Crippen LogP contribution in [0.2, 0.25) is 0 Å². The lowest BCUT2D eigenvalue weighted by Gasteiger charge is -2.05. The Kier molecular flexibility index (Phi) is 3.75. The molecule has 0 atom stereocenters. The van der Waals surface area contributed by atoms with Gasteiger partial charge in [0.1, 0.15) is 11.5 Å². The highest BCUT2D eigenvalue weighted by atomic mass is 32.1. The third kappa shape index (κ3) is 2.77. The van der Waals surface area contributed by atoms with E-state index in [1.165, 1.54) is 22.7 Å². The number of thiophene rings is 1. The van der Waals surface area contributed by atoms with Gasteiger partial charge in [0.15, 0.2) is 5.76 Å². The van der Waals surface area contributed by atoms with Gasteiger partial charge in [0.25, 0.3) is 5.91 Å². The summed E-state index contributed by atoms with van der Waals surface area (Å²) in [5.74, 6) is 1.12. The average molecular weight is 356 g/mol. The van der Waals surface area contributed by atoms with Gasteiger partial charge in [0.2, 0.25) is 5.13 Å². The maximum Gasteiger partial charge on any atom is 0.257 e. The third-order valence-corrected chi connectivity index (χ3v) is 4.80. The fraction of sp³-hybridized carbons (Fsp3) is 0.0625. The molecule has 0 aliphatic carbocycles. The molecule has 4 aromatic rings. The zero-order valence-electron chi connectivity index (χ0n) is 12.6. The first-order chi connectivity index (χ1) is 11.7. The van der Waals surface area contributed by atoms with Gasteiger partial charge in [0.05, 0.1) is 17.5 Å². The number of rotatable bonds is 4. The van der Waals surface area contributed by atoms with Crippen molar-refractivity contribution in [3.05, 3.63) is 57.9 Å². The molecule has 1 amide bonds. The van der Waals surface area contributed by atoms with E-state index in [1.54, 1.807) is 22.4 Å². The molecule has 0 spiro atoms. The van der Waals surface area contributed by atoms with Gasteiger partial charge in [-0.2, -0.15) is 21.1 Å². The lowest BCUT2D eigenvalue weighted by molar-refractivity contribution is 0.102. The molecule has 0 aromatic carbocycles. The topological polar surface area (TPSA) is 73.0 Å². The Morgan fingerprint density at radius 3 is 3.00 bits per heavy atom. The number of furan rings is 1. The first-order valence-electron chi connectivity index (χ1n) is 7.11. The van der Waals surface area contributed by atoms with Crippen LogP contribution in [-0.2, 0) is 0 Å². The van der Waals surface area contributed by atoms with E-state index in [9.17, 15) is 4.79 Å². The van der Waals surface area contributed by atoms with E-state index in [0.29, 0.717) is 22.3 Å². The number of thiazole rings is 1. The summed E-state index contributed by atoms with van der Waals surface area (Å²) in [6.07, 6.45) is 1.61. The number of hydrogen-bond acceptors (Lipinski definition) is 6. The zero-order valence-corrected chi connectivity index (χ0v) is 14.2. The van der Waals surface area contributed by atoms with Crippen LogP contribution in [0.25, 0.3) is 16.6 Å². The number of nitrogens with one attached hydrogen (secondary N) is 1. The Morgan fingerprint density at radius 1 is 1.33 bits per heavy atom. The summed E-state index contributed by atoms with van der Waals surface area (Å²) in [7, 11) is 0. The Hall–Kier alpha value is -2.71. The van der Waals surface area contributed by atoms with E-state index in [2.05, 4.69) is 15.4 Å². The maximum atomic E-state index is 12.3. The van der Waals surface area contributed by atoms with Crippen LogP contribution in [0, 0.1) is 6.92 Å². The van der Waals surface area contributed by atoms with Gasteiger partial charge in [-0.3, -0.25) is 4.79 Å². The minimum absolute atomic E-state index is 0.166. The quantitative estimate of drug-likeness (QED) is 0.594. The summed E-state index contributed by atoms with van der Waals surface area (Å²) < 4.78 is 7.00. The predicted octanol–water partition coefficient (Wildman–Crippen LogP) is 4.21. The standard InChI is InChI=1S/C16H12N4O2S2/c1-10-7-14(18-15(21)11-4-6-23-8-11)20(19-10)16-17-12(9-24-16)13-3-2-5-22-13/h2-9H,1H3,(H,18,21). The number of aryl methyl sites for hydroxylation is 1. The van der Waals surface area contributed by atoms with Crippen molar-refractivity contribution >= 4 is 34.4 Å². The van der Waals surface area contributed by atoms with Crippen LogP contribution in [0.15, 0.2) is 51.1 Å². The molecule has 0 aliphatic rings. The van der Waals surface area contributed by atoms with Crippen LogP contribution < -0.4 is 5.32 Å². The lowest BCUT2D eigenvalue weighted by atomic mass is 10.3. The summed E-state index contributed by atoms with van der Waals surface area (Å²) in [5.41, 5.74) is 2.16. The second-order valence-corrected chi connectivity index (χ2v) is 6.66. The summed E-state index contributed by atoms with van der Waals surface area (Å²) in [4.78, 5) is 16.8. The molecule has 120 valence electrons. The van der Waals surface area contributed by atoms with Crippen molar-refractivity contribution in [1.82, 2.24) is 14.8 Å². The van der Waals surface area contributed by atoms with E-state index in [1.807, 2.05) is 35.9 Å². The van der Waals surface area contributed by atoms with Gasteiger partial charge >= 0.3 is 0 Å². The van der Waals surface area contributed by atoms with Crippen molar-refractivity contribution < 1.29 is 9.21 Å². The van der Waals surface area contributed by atoms with Crippen LogP contribution in [-0.4, -0.2) is 20.7 Å². The largest absolute Gasteiger partial charge is 0.463 e. The first kappa shape index (κ1) is 14.9. The van der Waals surface area contributed by atoms with E-state index >= 15 is 0 Å². The molecule has 24 heavy (non-hydrogen) atoms. The number of carbonyl (C=O) groups is 1. The van der Waals surface area contributed by atoms with Crippen molar-refractivity contribution in [2.45, 2.75) is 6.92 Å². The Labute approximate surface area is 145 Å². The Balaban J connectivity index is 1.65. The Bertz CT molecular complexity index is 968. The molecule has 1 N–H and O–H groups in total. The molecule has 8 heteroatoms. The molecule has 0 fully saturated rings. The van der Waals surface area contributed by atoms with Crippen molar-refractivity contribution in [2.24, 2.45) is 0 Å². The lowest BCUT2D eigenvalue weighted by Crippen LogP contribution is -2.14. The molecule has 6 nitrogen and oxygen atoms in total.